The van der Waals surface area contributed by atoms with Crippen molar-refractivity contribution in [2.45, 2.75) is 64.7 Å². The fourth-order valence-electron chi connectivity index (χ4n) is 3.64. The van der Waals surface area contributed by atoms with Gasteiger partial charge in [0.1, 0.15) is 22.8 Å². The number of methoxy groups -OCH3 is 1. The number of carbonyl (C=O) groups excluding carboxylic acids is 1. The van der Waals surface area contributed by atoms with Crippen LogP contribution in [-0.4, -0.2) is 24.7 Å². The van der Waals surface area contributed by atoms with E-state index < -0.39 is 6.10 Å². The molecule has 0 radical (unpaired) electrons. The Labute approximate surface area is 173 Å². The third-order valence-electron chi connectivity index (χ3n) is 5.26. The SMILES string of the molecule is CCc1ccc(O[C@H](CC)C(=O)N[C@@H]2CC(C)(C)Oc3ccc(OC)cc32)cc1. The lowest BCUT2D eigenvalue weighted by Gasteiger charge is -2.38. The predicted octanol–water partition coefficient (Wildman–Crippen LogP) is 4.83. The van der Waals surface area contributed by atoms with Crippen molar-refractivity contribution in [2.24, 2.45) is 0 Å². The first-order valence-corrected chi connectivity index (χ1v) is 10.3. The van der Waals surface area contributed by atoms with Gasteiger partial charge in [0.25, 0.3) is 5.91 Å². The number of fused-ring (bicyclic) bond motifs is 1. The molecule has 1 heterocycles. The first-order chi connectivity index (χ1) is 13.8. The Morgan fingerprint density at radius 3 is 2.48 bits per heavy atom. The van der Waals surface area contributed by atoms with Crippen LogP contribution < -0.4 is 19.5 Å². The monoisotopic (exact) mass is 397 g/mol. The summed E-state index contributed by atoms with van der Waals surface area (Å²) in [7, 11) is 1.63. The second-order valence-electron chi connectivity index (χ2n) is 8.04. The van der Waals surface area contributed by atoms with Crippen molar-refractivity contribution < 1.29 is 19.0 Å². The molecule has 0 fully saturated rings. The van der Waals surface area contributed by atoms with Gasteiger partial charge in [-0.05, 0) is 62.6 Å². The molecule has 1 N–H and O–H groups in total. The van der Waals surface area contributed by atoms with E-state index in [0.717, 1.165) is 23.5 Å². The van der Waals surface area contributed by atoms with Crippen LogP contribution in [0.1, 0.15) is 57.7 Å². The van der Waals surface area contributed by atoms with Gasteiger partial charge in [-0.1, -0.05) is 26.0 Å². The third kappa shape index (κ3) is 5.03. The van der Waals surface area contributed by atoms with Crippen LogP contribution in [0.5, 0.6) is 17.2 Å². The van der Waals surface area contributed by atoms with Gasteiger partial charge >= 0.3 is 0 Å². The van der Waals surface area contributed by atoms with E-state index in [-0.39, 0.29) is 17.6 Å². The molecule has 0 aromatic heterocycles. The minimum atomic E-state index is -0.553. The van der Waals surface area contributed by atoms with Gasteiger partial charge in [-0.3, -0.25) is 4.79 Å². The lowest BCUT2D eigenvalue weighted by atomic mass is 9.89. The summed E-state index contributed by atoms with van der Waals surface area (Å²) >= 11 is 0. The van der Waals surface area contributed by atoms with E-state index in [2.05, 4.69) is 12.2 Å². The fourth-order valence-corrected chi connectivity index (χ4v) is 3.64. The maximum absolute atomic E-state index is 13.0. The van der Waals surface area contributed by atoms with Crippen LogP contribution in [0, 0.1) is 0 Å². The van der Waals surface area contributed by atoms with Gasteiger partial charge in [-0.2, -0.15) is 0 Å². The molecular formula is C24H31NO4. The van der Waals surface area contributed by atoms with Gasteiger partial charge in [0.2, 0.25) is 0 Å². The van der Waals surface area contributed by atoms with Crippen molar-refractivity contribution in [1.29, 1.82) is 0 Å². The first kappa shape index (κ1) is 21.0. The Balaban J connectivity index is 1.77. The summed E-state index contributed by atoms with van der Waals surface area (Å²) < 4.78 is 17.4. The van der Waals surface area contributed by atoms with E-state index in [0.29, 0.717) is 18.6 Å². The van der Waals surface area contributed by atoms with Gasteiger partial charge in [0.05, 0.1) is 13.2 Å². The van der Waals surface area contributed by atoms with Gasteiger partial charge < -0.3 is 19.5 Å². The summed E-state index contributed by atoms with van der Waals surface area (Å²) in [6.07, 6.45) is 1.67. The fraction of sp³-hybridized carbons (Fsp3) is 0.458. The number of ether oxygens (including phenoxy) is 3. The number of carbonyl (C=O) groups is 1. The summed E-state index contributed by atoms with van der Waals surface area (Å²) in [6.45, 7) is 8.13. The highest BCUT2D eigenvalue weighted by Gasteiger charge is 2.36. The maximum Gasteiger partial charge on any atom is 0.261 e. The summed E-state index contributed by atoms with van der Waals surface area (Å²) in [5.74, 6) is 2.10. The van der Waals surface area contributed by atoms with E-state index in [4.69, 9.17) is 14.2 Å². The van der Waals surface area contributed by atoms with Crippen LogP contribution in [0.25, 0.3) is 0 Å². The minimum Gasteiger partial charge on any atom is -0.497 e. The Morgan fingerprint density at radius 1 is 1.17 bits per heavy atom. The van der Waals surface area contributed by atoms with Gasteiger partial charge in [0, 0.05) is 12.0 Å². The molecule has 156 valence electrons. The Kier molecular flexibility index (Phi) is 6.36. The molecule has 0 saturated carbocycles. The molecule has 0 unspecified atom stereocenters. The highest BCUT2D eigenvalue weighted by molar-refractivity contribution is 5.81. The van der Waals surface area contributed by atoms with Gasteiger partial charge in [0.15, 0.2) is 6.10 Å². The van der Waals surface area contributed by atoms with Crippen molar-refractivity contribution in [3.05, 3.63) is 53.6 Å². The summed E-state index contributed by atoms with van der Waals surface area (Å²) in [4.78, 5) is 13.0. The average Bonchev–Trinajstić information content (AvgIpc) is 2.71. The topological polar surface area (TPSA) is 56.8 Å². The summed E-state index contributed by atoms with van der Waals surface area (Å²) in [5, 5.41) is 3.18. The largest absolute Gasteiger partial charge is 0.497 e. The quantitative estimate of drug-likeness (QED) is 0.727. The molecule has 1 amide bonds. The predicted molar refractivity (Wildman–Crippen MR) is 114 cm³/mol. The second kappa shape index (κ2) is 8.76. The van der Waals surface area contributed by atoms with Crippen LogP contribution in [0.15, 0.2) is 42.5 Å². The Morgan fingerprint density at radius 2 is 1.86 bits per heavy atom. The van der Waals surface area contributed by atoms with E-state index >= 15 is 0 Å². The standard InChI is InChI=1S/C24H31NO4/c1-6-16-8-10-17(11-9-16)28-21(7-2)23(26)25-20-15-24(3,4)29-22-13-12-18(27-5)14-19(20)22/h8-14,20-21H,6-7,15H2,1-5H3,(H,25,26)/t20-,21-/m1/s1. The highest BCUT2D eigenvalue weighted by Crippen LogP contribution is 2.41. The Hall–Kier alpha value is -2.69. The van der Waals surface area contributed by atoms with E-state index in [9.17, 15) is 4.79 Å². The normalized spacial score (nSPS) is 18.2. The molecule has 2 aromatic rings. The number of hydrogen-bond donors (Lipinski definition) is 1. The average molecular weight is 398 g/mol. The van der Waals surface area contributed by atoms with Crippen LogP contribution in [-0.2, 0) is 11.2 Å². The molecule has 3 rings (SSSR count). The molecule has 0 aliphatic carbocycles. The van der Waals surface area contributed by atoms with Crippen molar-refractivity contribution in [2.75, 3.05) is 7.11 Å². The molecule has 29 heavy (non-hydrogen) atoms. The Bertz CT molecular complexity index is 844. The highest BCUT2D eigenvalue weighted by atomic mass is 16.5. The van der Waals surface area contributed by atoms with Crippen LogP contribution in [0.2, 0.25) is 0 Å². The zero-order valence-corrected chi connectivity index (χ0v) is 18.0. The molecule has 0 saturated heterocycles. The lowest BCUT2D eigenvalue weighted by Crippen LogP contribution is -2.45. The van der Waals surface area contributed by atoms with E-state index in [1.54, 1.807) is 7.11 Å². The molecular weight excluding hydrogens is 366 g/mol. The zero-order valence-electron chi connectivity index (χ0n) is 18.0. The smallest absolute Gasteiger partial charge is 0.261 e. The summed E-state index contributed by atoms with van der Waals surface area (Å²) in [6, 6.07) is 13.4. The van der Waals surface area contributed by atoms with Gasteiger partial charge in [-0.15, -0.1) is 0 Å². The van der Waals surface area contributed by atoms with Gasteiger partial charge in [-0.25, -0.2) is 0 Å². The minimum absolute atomic E-state index is 0.122. The molecule has 0 spiro atoms. The number of hydrogen-bond acceptors (Lipinski definition) is 4. The van der Waals surface area contributed by atoms with Crippen molar-refractivity contribution >= 4 is 5.91 Å². The number of aryl methyl sites for hydroxylation is 1. The molecule has 5 heteroatoms. The molecule has 1 aliphatic heterocycles. The zero-order chi connectivity index (χ0) is 21.0. The van der Waals surface area contributed by atoms with Crippen molar-refractivity contribution in [3.8, 4) is 17.2 Å². The summed E-state index contributed by atoms with van der Waals surface area (Å²) in [5.41, 5.74) is 1.79. The van der Waals surface area contributed by atoms with Crippen molar-refractivity contribution in [3.63, 3.8) is 0 Å². The maximum atomic E-state index is 13.0. The number of amides is 1. The van der Waals surface area contributed by atoms with E-state index in [1.807, 2.05) is 63.2 Å². The lowest BCUT2D eigenvalue weighted by molar-refractivity contribution is -0.129. The molecule has 2 atom stereocenters. The molecule has 2 aromatic carbocycles. The number of benzene rings is 2. The third-order valence-corrected chi connectivity index (χ3v) is 5.26. The first-order valence-electron chi connectivity index (χ1n) is 10.3. The number of rotatable bonds is 7. The number of nitrogens with one attached hydrogen (secondary N) is 1. The second-order valence-corrected chi connectivity index (χ2v) is 8.04. The van der Waals surface area contributed by atoms with Crippen molar-refractivity contribution in [1.82, 2.24) is 5.32 Å². The van der Waals surface area contributed by atoms with E-state index in [1.165, 1.54) is 5.56 Å². The van der Waals surface area contributed by atoms with Crippen LogP contribution in [0.4, 0.5) is 0 Å². The molecule has 5 nitrogen and oxygen atoms in total. The molecule has 0 bridgehead atoms. The van der Waals surface area contributed by atoms with Crippen LogP contribution >= 0.6 is 0 Å². The van der Waals surface area contributed by atoms with Crippen LogP contribution in [0.3, 0.4) is 0 Å². The molecule has 1 aliphatic rings.